The number of benzene rings is 4. The average molecular weight is 603 g/mol. The minimum atomic E-state index is 0.692. The third kappa shape index (κ3) is 4.21. The van der Waals surface area contributed by atoms with Crippen LogP contribution in [-0.2, 0) is 0 Å². The summed E-state index contributed by atoms with van der Waals surface area (Å²) in [5.41, 5.74) is 6.99. The van der Waals surface area contributed by atoms with Crippen molar-refractivity contribution >= 4 is 53.8 Å². The van der Waals surface area contributed by atoms with Gasteiger partial charge in [-0.1, -0.05) is 36.4 Å². The van der Waals surface area contributed by atoms with Crippen LogP contribution in [0, 0.1) is 0 Å². The van der Waals surface area contributed by atoms with Gasteiger partial charge in [0.1, 0.15) is 0 Å². The van der Waals surface area contributed by atoms with Crippen LogP contribution in [0.4, 0.5) is 5.69 Å². The molecule has 4 aromatic carbocycles. The molecule has 5 aromatic rings. The van der Waals surface area contributed by atoms with Crippen molar-refractivity contribution in [1.29, 1.82) is 0 Å². The summed E-state index contributed by atoms with van der Waals surface area (Å²) in [6, 6.07) is 33.3. The van der Waals surface area contributed by atoms with Gasteiger partial charge in [0.15, 0.2) is 0 Å². The Morgan fingerprint density at radius 2 is 1.50 bits per heavy atom. The van der Waals surface area contributed by atoms with Gasteiger partial charge in [-0.3, -0.25) is 0 Å². The second kappa shape index (κ2) is 9.04. The summed E-state index contributed by atoms with van der Waals surface area (Å²) in [5.74, 6) is 0. The Morgan fingerprint density at radius 3 is 2.12 bits per heavy atom. The molecule has 3 nitrogen and oxygen atoms in total. The van der Waals surface area contributed by atoms with E-state index in [4.69, 9.17) is 4.99 Å². The number of imidazole rings is 1. The third-order valence-electron chi connectivity index (χ3n) is 5.44. The zero-order valence-electron chi connectivity index (χ0n) is 17.5. The molecule has 0 amide bonds. The molecule has 0 aliphatic rings. The van der Waals surface area contributed by atoms with Gasteiger partial charge in [0.2, 0.25) is 0 Å². The van der Waals surface area contributed by atoms with Crippen molar-refractivity contribution in [3.63, 3.8) is 0 Å². The molecular weight excluding hydrogens is 583 g/mol. The van der Waals surface area contributed by atoms with Crippen molar-refractivity contribution in [3.8, 4) is 0 Å². The molecule has 1 aromatic heterocycles. The predicted octanol–water partition coefficient (Wildman–Crippen LogP) is 6.20. The molecule has 32 heavy (non-hydrogen) atoms. The first-order chi connectivity index (χ1) is 15.7. The molecule has 0 saturated heterocycles. The number of aromatic nitrogens is 2. The second-order valence-corrected chi connectivity index (χ2v) is 9.91. The molecule has 0 N–H and O–H groups in total. The first-order valence-corrected chi connectivity index (χ1v) is 12.4. The van der Waals surface area contributed by atoms with Crippen LogP contribution in [0.5, 0.6) is 0 Å². The number of nitrogens with zero attached hydrogens (tertiary/aromatic N) is 3. The van der Waals surface area contributed by atoms with Gasteiger partial charge in [0, 0.05) is 0 Å². The van der Waals surface area contributed by atoms with E-state index >= 15 is 0 Å². The van der Waals surface area contributed by atoms with Gasteiger partial charge in [-0.15, -0.1) is 0 Å². The summed E-state index contributed by atoms with van der Waals surface area (Å²) >= 11 is 0.692. The van der Waals surface area contributed by atoms with Gasteiger partial charge in [-0.05, 0) is 0 Å². The van der Waals surface area contributed by atoms with Crippen molar-refractivity contribution in [2.75, 3.05) is 0 Å². The molecule has 0 unspecified atom stereocenters. The number of hydrogen-bond acceptors (Lipinski definition) is 2. The number of hydrogen-bond donors (Lipinski definition) is 0. The number of aliphatic imine (C=N–C) groups is 1. The van der Waals surface area contributed by atoms with E-state index in [0.29, 0.717) is 26.1 Å². The van der Waals surface area contributed by atoms with Crippen LogP contribution in [-0.4, -0.2) is 39.1 Å². The Labute approximate surface area is 203 Å². The molecule has 4 heteroatoms. The molecule has 150 valence electrons. The first-order valence-electron chi connectivity index (χ1n) is 10.4. The van der Waals surface area contributed by atoms with Crippen molar-refractivity contribution in [3.05, 3.63) is 139 Å². The predicted molar refractivity (Wildman–Crippen MR) is 134 cm³/mol. The molecule has 0 aliphatic carbocycles. The number of rotatable bonds is 5. The summed E-state index contributed by atoms with van der Waals surface area (Å²) in [4.78, 5) is 9.63. The third-order valence-corrected chi connectivity index (χ3v) is 6.53. The Balaban J connectivity index is 1.65. The molecule has 1 heterocycles. The molecule has 0 radical (unpaired) electrons. The molecule has 0 fully saturated rings. The summed E-state index contributed by atoms with van der Waals surface area (Å²) in [7, 11) is 0. The Bertz CT molecular complexity index is 1390. The summed E-state index contributed by atoms with van der Waals surface area (Å²) in [5, 5.41) is 2.29. The molecule has 0 bridgehead atoms. The fraction of sp³-hybridized carbons (Fsp3) is 0. The fourth-order valence-electron chi connectivity index (χ4n) is 3.84. The van der Waals surface area contributed by atoms with Crippen molar-refractivity contribution in [1.82, 2.24) is 7.36 Å². The first kappa shape index (κ1) is 20.6. The summed E-state index contributed by atoms with van der Waals surface area (Å²) in [6.45, 7) is 4.35. The molecule has 0 saturated carbocycles. The van der Waals surface area contributed by atoms with Gasteiger partial charge in [0.25, 0.3) is 0 Å². The number of fused-ring (bicyclic) bond motifs is 1. The van der Waals surface area contributed by atoms with Crippen LogP contribution in [0.15, 0.2) is 121 Å². The topological polar surface area (TPSA) is 30.2 Å². The monoisotopic (exact) mass is 603 g/mol. The molecule has 0 atom stereocenters. The zero-order chi connectivity index (χ0) is 21.9. The van der Waals surface area contributed by atoms with E-state index in [0.717, 1.165) is 50.1 Å². The van der Waals surface area contributed by atoms with Crippen LogP contribution in [0.1, 0.15) is 22.4 Å². The second-order valence-electron chi connectivity index (χ2n) is 7.59. The Morgan fingerprint density at radius 1 is 0.812 bits per heavy atom. The van der Waals surface area contributed by atoms with Gasteiger partial charge >= 0.3 is 168 Å². The molecular formula is C28H20N3Tl. The van der Waals surface area contributed by atoms with Crippen LogP contribution in [0.3, 0.4) is 0 Å². The fourth-order valence-corrected chi connectivity index (χ4v) is 4.65. The van der Waals surface area contributed by atoms with E-state index in [-0.39, 0.29) is 0 Å². The maximum atomic E-state index is 5.10. The van der Waals surface area contributed by atoms with Crippen molar-refractivity contribution < 1.29 is 0 Å². The van der Waals surface area contributed by atoms with Gasteiger partial charge in [-0.25, -0.2) is 0 Å². The Kier molecular flexibility index (Phi) is 5.82. The SMILES string of the molecule is C=C(c1c[n]([Tl])cn1)c1cccc2ccc(N=C(c3ccccc3)c3ccccc3)cc12. The quantitative estimate of drug-likeness (QED) is 0.174. The Hall–Kier alpha value is -3.32. The zero-order valence-corrected chi connectivity index (χ0v) is 22.0. The van der Waals surface area contributed by atoms with Crippen LogP contribution in [0.25, 0.3) is 16.3 Å². The molecule has 5 rings (SSSR count). The van der Waals surface area contributed by atoms with Crippen LogP contribution in [0.2, 0.25) is 0 Å². The standard InChI is InChI=1S/C28H20N3.Tl/c1-20(27-18-29-19-30-27)25-14-8-13-21-15-16-24(17-26(21)25)31-28(22-9-4-2-5-10-22)23-11-6-3-7-12-23;/h2-19H,1H2;/q-1;+1. The molecule has 0 spiro atoms. The van der Waals surface area contributed by atoms with Gasteiger partial charge < -0.3 is 0 Å². The molecule has 0 aliphatic heterocycles. The van der Waals surface area contributed by atoms with Gasteiger partial charge in [0.05, 0.1) is 0 Å². The van der Waals surface area contributed by atoms with E-state index < -0.39 is 0 Å². The van der Waals surface area contributed by atoms with Crippen LogP contribution < -0.4 is 0 Å². The van der Waals surface area contributed by atoms with Crippen LogP contribution >= 0.6 is 0 Å². The minimum absolute atomic E-state index is 0.692. The normalized spacial score (nSPS) is 10.7. The van der Waals surface area contributed by atoms with Crippen molar-refractivity contribution in [2.45, 2.75) is 0 Å². The van der Waals surface area contributed by atoms with Gasteiger partial charge in [-0.2, -0.15) is 0 Å². The van der Waals surface area contributed by atoms with E-state index in [2.05, 4.69) is 80.8 Å². The van der Waals surface area contributed by atoms with Crippen molar-refractivity contribution in [2.24, 2.45) is 4.99 Å². The maximum absolute atomic E-state index is 5.10. The summed E-state index contributed by atoms with van der Waals surface area (Å²) in [6.07, 6.45) is 3.94. The van der Waals surface area contributed by atoms with E-state index in [1.807, 2.05) is 42.7 Å². The van der Waals surface area contributed by atoms with E-state index in [1.165, 1.54) is 0 Å². The summed E-state index contributed by atoms with van der Waals surface area (Å²) < 4.78 is 2.10. The van der Waals surface area contributed by atoms with E-state index in [1.54, 1.807) is 0 Å². The average Bonchev–Trinajstić information content (AvgIpc) is 3.29. The van der Waals surface area contributed by atoms with E-state index in [9.17, 15) is 0 Å².